The molecule has 0 bridgehead atoms. The van der Waals surface area contributed by atoms with Gasteiger partial charge < -0.3 is 9.47 Å². The number of nitrogens with zero attached hydrogens (tertiary/aromatic N) is 3. The highest BCUT2D eigenvalue weighted by atomic mass is 79.9. The van der Waals surface area contributed by atoms with Crippen molar-refractivity contribution in [2.24, 2.45) is 5.10 Å². The van der Waals surface area contributed by atoms with Gasteiger partial charge in [0.1, 0.15) is 18.2 Å². The predicted molar refractivity (Wildman–Crippen MR) is 160 cm³/mol. The minimum absolute atomic E-state index is 0.180. The van der Waals surface area contributed by atoms with Gasteiger partial charge in [-0.25, -0.2) is 9.37 Å². The van der Waals surface area contributed by atoms with Crippen LogP contribution in [-0.2, 0) is 13.0 Å². The molecule has 1 saturated carbocycles. The van der Waals surface area contributed by atoms with Gasteiger partial charge in [0.05, 0.1) is 24.2 Å². The lowest BCUT2D eigenvalue weighted by molar-refractivity contribution is 0.282. The maximum atomic E-state index is 13.7. The summed E-state index contributed by atoms with van der Waals surface area (Å²) in [5, 5.41) is 5.20. The summed E-state index contributed by atoms with van der Waals surface area (Å²) in [7, 11) is 1.58. The van der Waals surface area contributed by atoms with Crippen LogP contribution in [0.3, 0.4) is 0 Å². The Kier molecular flexibility index (Phi) is 8.75. The quantitative estimate of drug-likeness (QED) is 0.146. The summed E-state index contributed by atoms with van der Waals surface area (Å²) in [5.41, 5.74) is 2.93. The highest BCUT2D eigenvalue weighted by Crippen LogP contribution is 2.35. The Labute approximate surface area is 241 Å². The van der Waals surface area contributed by atoms with E-state index in [0.717, 1.165) is 46.8 Å². The molecular formula is C32H31BrFN3O3. The molecule has 0 spiro atoms. The number of allylic oxidation sites excluding steroid dienone is 1. The van der Waals surface area contributed by atoms with Crippen molar-refractivity contribution in [3.8, 4) is 11.5 Å². The van der Waals surface area contributed by atoms with Crippen LogP contribution in [0.5, 0.6) is 11.5 Å². The lowest BCUT2D eigenvalue weighted by Crippen LogP contribution is -2.25. The van der Waals surface area contributed by atoms with E-state index in [0.29, 0.717) is 34.6 Å². The molecule has 0 atom stereocenters. The molecule has 6 nitrogen and oxygen atoms in total. The number of aromatic nitrogens is 2. The van der Waals surface area contributed by atoms with Gasteiger partial charge in [-0.1, -0.05) is 53.4 Å². The van der Waals surface area contributed by atoms with Gasteiger partial charge in [0.2, 0.25) is 0 Å². The zero-order chi connectivity index (χ0) is 28.1. The number of fused-ring (bicyclic) bond motifs is 1. The van der Waals surface area contributed by atoms with Crippen molar-refractivity contribution >= 4 is 33.0 Å². The van der Waals surface area contributed by atoms with Crippen LogP contribution < -0.4 is 15.0 Å². The van der Waals surface area contributed by atoms with E-state index < -0.39 is 0 Å². The highest BCUT2D eigenvalue weighted by Gasteiger charge is 2.22. The Bertz CT molecular complexity index is 1610. The molecule has 8 heteroatoms. The Hall–Kier alpha value is -3.78. The molecule has 3 aromatic carbocycles. The number of halogens is 2. The fourth-order valence-electron chi connectivity index (χ4n) is 5.14. The van der Waals surface area contributed by atoms with Crippen LogP contribution in [0.25, 0.3) is 10.9 Å². The van der Waals surface area contributed by atoms with E-state index in [9.17, 15) is 9.18 Å². The van der Waals surface area contributed by atoms with Crippen LogP contribution in [0.1, 0.15) is 60.5 Å². The fraction of sp³-hybridized carbons (Fsp3) is 0.281. The molecule has 0 aliphatic heterocycles. The van der Waals surface area contributed by atoms with Crippen molar-refractivity contribution in [1.29, 1.82) is 0 Å². The summed E-state index contributed by atoms with van der Waals surface area (Å²) in [5.74, 6) is 1.70. The van der Waals surface area contributed by atoms with Gasteiger partial charge in [-0.15, -0.1) is 6.58 Å². The number of hydrogen-bond donors (Lipinski definition) is 0. The first-order chi connectivity index (χ1) is 19.5. The van der Waals surface area contributed by atoms with Gasteiger partial charge in [0.25, 0.3) is 5.56 Å². The van der Waals surface area contributed by atoms with E-state index in [1.165, 1.54) is 23.2 Å². The Morgan fingerprint density at radius 1 is 1.12 bits per heavy atom. The van der Waals surface area contributed by atoms with E-state index in [1.54, 1.807) is 37.6 Å². The maximum absolute atomic E-state index is 13.7. The van der Waals surface area contributed by atoms with E-state index in [-0.39, 0.29) is 23.9 Å². The second kappa shape index (κ2) is 12.6. The average Bonchev–Trinajstić information content (AvgIpc) is 2.97. The van der Waals surface area contributed by atoms with Crippen molar-refractivity contribution in [3.05, 3.63) is 110 Å². The number of methoxy groups -OCH3 is 1. The number of rotatable bonds is 9. The van der Waals surface area contributed by atoms with Gasteiger partial charge in [0.15, 0.2) is 11.5 Å². The van der Waals surface area contributed by atoms with Crippen LogP contribution in [0, 0.1) is 5.82 Å². The predicted octanol–water partition coefficient (Wildman–Crippen LogP) is 7.54. The Morgan fingerprint density at radius 2 is 1.90 bits per heavy atom. The summed E-state index contributed by atoms with van der Waals surface area (Å²) in [4.78, 5) is 18.6. The van der Waals surface area contributed by atoms with Gasteiger partial charge >= 0.3 is 0 Å². The van der Waals surface area contributed by atoms with Crippen LogP contribution in [0.4, 0.5) is 4.39 Å². The molecule has 1 aliphatic rings. The minimum atomic E-state index is -0.294. The number of ether oxygens (including phenoxy) is 2. The largest absolute Gasteiger partial charge is 0.493 e. The molecule has 5 rings (SSSR count). The first-order valence-electron chi connectivity index (χ1n) is 13.4. The highest BCUT2D eigenvalue weighted by molar-refractivity contribution is 9.10. The van der Waals surface area contributed by atoms with E-state index in [1.807, 2.05) is 24.3 Å². The van der Waals surface area contributed by atoms with Crippen LogP contribution >= 0.6 is 15.9 Å². The zero-order valence-electron chi connectivity index (χ0n) is 22.4. The third-order valence-electron chi connectivity index (χ3n) is 7.16. The van der Waals surface area contributed by atoms with Gasteiger partial charge in [-0.2, -0.15) is 9.78 Å². The molecular weight excluding hydrogens is 573 g/mol. The van der Waals surface area contributed by atoms with Crippen molar-refractivity contribution in [2.45, 2.75) is 51.0 Å². The summed E-state index contributed by atoms with van der Waals surface area (Å²) in [6.07, 6.45) is 9.40. The van der Waals surface area contributed by atoms with Gasteiger partial charge in [-0.3, -0.25) is 4.79 Å². The van der Waals surface area contributed by atoms with Crippen molar-refractivity contribution in [1.82, 2.24) is 9.66 Å². The lowest BCUT2D eigenvalue weighted by Gasteiger charge is -2.22. The normalized spacial score (nSPS) is 14.1. The smallest absolute Gasteiger partial charge is 0.282 e. The summed E-state index contributed by atoms with van der Waals surface area (Å²) in [6.45, 7) is 4.14. The van der Waals surface area contributed by atoms with E-state index >= 15 is 0 Å². The monoisotopic (exact) mass is 603 g/mol. The summed E-state index contributed by atoms with van der Waals surface area (Å²) in [6, 6.07) is 15.5. The molecule has 1 fully saturated rings. The molecule has 4 aromatic rings. The van der Waals surface area contributed by atoms with Crippen molar-refractivity contribution < 1.29 is 13.9 Å². The molecule has 0 N–H and O–H groups in total. The lowest BCUT2D eigenvalue weighted by atomic mass is 9.88. The summed E-state index contributed by atoms with van der Waals surface area (Å²) >= 11 is 3.47. The third kappa shape index (κ3) is 6.17. The SMILES string of the molecule is C=CCc1cc(C=Nn2c(C3CCCCC3)nc3ccc(Br)cc3c2=O)cc(OC)c1OCc1ccc(F)cc1. The van der Waals surface area contributed by atoms with Crippen LogP contribution in [-0.4, -0.2) is 23.0 Å². The molecule has 0 amide bonds. The minimum Gasteiger partial charge on any atom is -0.493 e. The molecule has 1 aromatic heterocycles. The van der Waals surface area contributed by atoms with Crippen molar-refractivity contribution in [2.75, 3.05) is 7.11 Å². The molecule has 206 valence electrons. The molecule has 0 saturated heterocycles. The molecule has 40 heavy (non-hydrogen) atoms. The van der Waals surface area contributed by atoms with Crippen LogP contribution in [0.2, 0.25) is 0 Å². The number of hydrogen-bond acceptors (Lipinski definition) is 5. The maximum Gasteiger partial charge on any atom is 0.282 e. The first-order valence-corrected chi connectivity index (χ1v) is 14.2. The molecule has 1 heterocycles. The average molecular weight is 605 g/mol. The topological polar surface area (TPSA) is 65.7 Å². The standard InChI is InChI=1S/C32H31BrFN3O3/c1-3-7-24-16-22(17-29(39-2)30(24)40-20-21-10-13-26(34)14-11-21)19-35-37-31(23-8-5-4-6-9-23)36-28-15-12-25(33)18-27(28)32(37)38/h3,10-19,23H,1,4-9,20H2,2H3. The second-order valence-corrected chi connectivity index (χ2v) is 10.9. The summed E-state index contributed by atoms with van der Waals surface area (Å²) < 4.78 is 27.4. The van der Waals surface area contributed by atoms with E-state index in [4.69, 9.17) is 14.5 Å². The molecule has 1 aliphatic carbocycles. The Morgan fingerprint density at radius 3 is 2.62 bits per heavy atom. The fourth-order valence-corrected chi connectivity index (χ4v) is 5.50. The molecule has 0 unspecified atom stereocenters. The zero-order valence-corrected chi connectivity index (χ0v) is 24.0. The van der Waals surface area contributed by atoms with E-state index in [2.05, 4.69) is 27.6 Å². The molecule has 0 radical (unpaired) electrons. The number of benzene rings is 3. The van der Waals surface area contributed by atoms with Crippen molar-refractivity contribution in [3.63, 3.8) is 0 Å². The van der Waals surface area contributed by atoms with Gasteiger partial charge in [0, 0.05) is 16.0 Å². The third-order valence-corrected chi connectivity index (χ3v) is 7.65. The van der Waals surface area contributed by atoms with Crippen LogP contribution in [0.15, 0.2) is 81.6 Å². The van der Waals surface area contributed by atoms with Gasteiger partial charge in [-0.05, 0) is 72.9 Å². The second-order valence-electron chi connectivity index (χ2n) is 9.95. The Balaban J connectivity index is 1.53. The first kappa shape index (κ1) is 27.8.